The van der Waals surface area contributed by atoms with E-state index in [4.69, 9.17) is 0 Å². The Labute approximate surface area is 111 Å². The second-order valence-electron chi connectivity index (χ2n) is 4.56. The van der Waals surface area contributed by atoms with E-state index in [0.717, 1.165) is 29.7 Å². The number of carbonyl (C=O) groups is 1. The molecule has 1 aliphatic rings. The maximum absolute atomic E-state index is 12.1. The Morgan fingerprint density at radius 2 is 1.88 bits per heavy atom. The van der Waals surface area contributed by atoms with Crippen LogP contribution in [0.25, 0.3) is 0 Å². The molecule has 1 aliphatic heterocycles. The monoisotopic (exact) mass is 295 g/mol. The molecule has 0 unspecified atom stereocenters. The number of ketones is 1. The fraction of sp³-hybridized carbons (Fsp3) is 0.500. The molecule has 0 aromatic heterocycles. The lowest BCUT2D eigenvalue weighted by Crippen LogP contribution is -2.31. The van der Waals surface area contributed by atoms with Gasteiger partial charge in [0.15, 0.2) is 5.78 Å². The molecule has 0 bridgehead atoms. The molecule has 1 aromatic carbocycles. The number of Topliss-reactive ketones (excluding diaryl/α,β-unsaturated/α-hetero) is 1. The Bertz CT molecular complexity index is 386. The maximum Gasteiger partial charge on any atom is 0.165 e. The van der Waals surface area contributed by atoms with Crippen LogP contribution in [0.5, 0.6) is 0 Å². The number of nitrogens with zero attached hydrogens (tertiary/aromatic N) is 1. The number of rotatable bonds is 4. The summed E-state index contributed by atoms with van der Waals surface area (Å²) in [5.74, 6) is 0.239. The first-order chi connectivity index (χ1) is 8.27. The van der Waals surface area contributed by atoms with E-state index < -0.39 is 0 Å². The molecule has 1 heterocycles. The van der Waals surface area contributed by atoms with Crippen molar-refractivity contribution < 1.29 is 4.79 Å². The Balaban J connectivity index is 1.87. The highest BCUT2D eigenvalue weighted by Gasteiger charge is 2.13. The van der Waals surface area contributed by atoms with E-state index in [0.29, 0.717) is 6.42 Å². The van der Waals surface area contributed by atoms with Crippen molar-refractivity contribution in [3.63, 3.8) is 0 Å². The molecule has 3 heteroatoms. The molecule has 2 nitrogen and oxygen atoms in total. The van der Waals surface area contributed by atoms with Crippen molar-refractivity contribution in [1.29, 1.82) is 0 Å². The fourth-order valence-electron chi connectivity index (χ4n) is 2.26. The van der Waals surface area contributed by atoms with E-state index in [2.05, 4.69) is 20.8 Å². The lowest BCUT2D eigenvalue weighted by molar-refractivity contribution is 0.0958. The average Bonchev–Trinajstić information content (AvgIpc) is 2.38. The number of carbonyl (C=O) groups excluding carboxylic acids is 1. The Morgan fingerprint density at radius 3 is 2.59 bits per heavy atom. The van der Waals surface area contributed by atoms with Gasteiger partial charge in [-0.05, 0) is 32.0 Å². The van der Waals surface area contributed by atoms with Crippen LogP contribution >= 0.6 is 15.9 Å². The zero-order valence-corrected chi connectivity index (χ0v) is 11.6. The normalized spacial score (nSPS) is 17.0. The molecular formula is C14H18BrNO. The van der Waals surface area contributed by atoms with Crippen molar-refractivity contribution in [3.05, 3.63) is 34.3 Å². The summed E-state index contributed by atoms with van der Waals surface area (Å²) in [7, 11) is 0. The predicted octanol–water partition coefficient (Wildman–Crippen LogP) is 3.51. The first-order valence-corrected chi connectivity index (χ1v) is 7.07. The van der Waals surface area contributed by atoms with Gasteiger partial charge in [0.1, 0.15) is 0 Å². The predicted molar refractivity (Wildman–Crippen MR) is 73.4 cm³/mol. The van der Waals surface area contributed by atoms with Crippen LogP contribution < -0.4 is 0 Å². The maximum atomic E-state index is 12.1. The zero-order valence-electron chi connectivity index (χ0n) is 9.99. The summed E-state index contributed by atoms with van der Waals surface area (Å²) in [5, 5.41) is 0. The van der Waals surface area contributed by atoms with Gasteiger partial charge >= 0.3 is 0 Å². The number of benzene rings is 1. The van der Waals surface area contributed by atoms with E-state index in [1.165, 1.54) is 19.3 Å². The quantitative estimate of drug-likeness (QED) is 0.793. The Kier molecular flexibility index (Phi) is 4.75. The van der Waals surface area contributed by atoms with Crippen LogP contribution in [-0.4, -0.2) is 30.3 Å². The van der Waals surface area contributed by atoms with Crippen LogP contribution in [-0.2, 0) is 0 Å². The second-order valence-corrected chi connectivity index (χ2v) is 5.41. The topological polar surface area (TPSA) is 20.3 Å². The van der Waals surface area contributed by atoms with Crippen LogP contribution in [0, 0.1) is 0 Å². The van der Waals surface area contributed by atoms with E-state index in [1.807, 2.05) is 24.3 Å². The number of piperidine rings is 1. The molecule has 1 fully saturated rings. The minimum Gasteiger partial charge on any atom is -0.303 e. The van der Waals surface area contributed by atoms with Crippen LogP contribution in [0.4, 0.5) is 0 Å². The van der Waals surface area contributed by atoms with E-state index in [-0.39, 0.29) is 5.78 Å². The van der Waals surface area contributed by atoms with Gasteiger partial charge in [-0.1, -0.05) is 40.5 Å². The molecule has 0 amide bonds. The largest absolute Gasteiger partial charge is 0.303 e. The molecule has 0 aliphatic carbocycles. The minimum atomic E-state index is 0.239. The summed E-state index contributed by atoms with van der Waals surface area (Å²) in [5.41, 5.74) is 0.810. The SMILES string of the molecule is O=C(CCN1CCCCC1)c1ccccc1Br. The van der Waals surface area contributed by atoms with Crippen molar-refractivity contribution in [1.82, 2.24) is 4.90 Å². The first-order valence-electron chi connectivity index (χ1n) is 6.27. The third-order valence-corrected chi connectivity index (χ3v) is 3.97. The summed E-state index contributed by atoms with van der Waals surface area (Å²) < 4.78 is 0.906. The Hall–Kier alpha value is -0.670. The Morgan fingerprint density at radius 1 is 1.18 bits per heavy atom. The molecule has 1 aromatic rings. The van der Waals surface area contributed by atoms with Crippen LogP contribution in [0.2, 0.25) is 0 Å². The molecule has 0 N–H and O–H groups in total. The molecule has 0 saturated carbocycles. The highest BCUT2D eigenvalue weighted by atomic mass is 79.9. The van der Waals surface area contributed by atoms with Crippen molar-refractivity contribution in [2.45, 2.75) is 25.7 Å². The zero-order chi connectivity index (χ0) is 12.1. The molecule has 0 radical (unpaired) electrons. The summed E-state index contributed by atoms with van der Waals surface area (Å²) in [6.45, 7) is 3.21. The summed E-state index contributed by atoms with van der Waals surface area (Å²) in [6.07, 6.45) is 4.53. The third kappa shape index (κ3) is 3.65. The number of hydrogen-bond acceptors (Lipinski definition) is 2. The second kappa shape index (κ2) is 6.31. The average molecular weight is 296 g/mol. The summed E-state index contributed by atoms with van der Waals surface area (Å²) in [6, 6.07) is 7.67. The van der Waals surface area contributed by atoms with Crippen molar-refractivity contribution in [3.8, 4) is 0 Å². The van der Waals surface area contributed by atoms with Gasteiger partial charge in [-0.3, -0.25) is 4.79 Å². The molecule has 2 rings (SSSR count). The number of hydrogen-bond donors (Lipinski definition) is 0. The van der Waals surface area contributed by atoms with Crippen molar-refractivity contribution >= 4 is 21.7 Å². The highest BCUT2D eigenvalue weighted by Crippen LogP contribution is 2.18. The van der Waals surface area contributed by atoms with E-state index >= 15 is 0 Å². The van der Waals surface area contributed by atoms with Crippen molar-refractivity contribution in [2.75, 3.05) is 19.6 Å². The van der Waals surface area contributed by atoms with Crippen LogP contribution in [0.15, 0.2) is 28.7 Å². The van der Waals surface area contributed by atoms with Crippen molar-refractivity contribution in [2.24, 2.45) is 0 Å². The molecule has 1 saturated heterocycles. The number of halogens is 1. The van der Waals surface area contributed by atoms with E-state index in [9.17, 15) is 4.79 Å². The molecule has 0 spiro atoms. The van der Waals surface area contributed by atoms with Gasteiger partial charge in [-0.15, -0.1) is 0 Å². The lowest BCUT2D eigenvalue weighted by Gasteiger charge is -2.25. The molecule has 0 atom stereocenters. The fourth-order valence-corrected chi connectivity index (χ4v) is 2.77. The molecule has 17 heavy (non-hydrogen) atoms. The highest BCUT2D eigenvalue weighted by molar-refractivity contribution is 9.10. The summed E-state index contributed by atoms with van der Waals surface area (Å²) in [4.78, 5) is 14.5. The van der Waals surface area contributed by atoms with Gasteiger partial charge < -0.3 is 4.90 Å². The smallest absolute Gasteiger partial charge is 0.165 e. The van der Waals surface area contributed by atoms with Gasteiger partial charge in [0.25, 0.3) is 0 Å². The minimum absolute atomic E-state index is 0.239. The summed E-state index contributed by atoms with van der Waals surface area (Å²) >= 11 is 3.43. The number of likely N-dealkylation sites (tertiary alicyclic amines) is 1. The van der Waals surface area contributed by atoms with E-state index in [1.54, 1.807) is 0 Å². The van der Waals surface area contributed by atoms with Gasteiger partial charge in [0.2, 0.25) is 0 Å². The third-order valence-electron chi connectivity index (χ3n) is 3.28. The lowest BCUT2D eigenvalue weighted by atomic mass is 10.1. The first kappa shape index (κ1) is 12.8. The van der Waals surface area contributed by atoms with Gasteiger partial charge in [0.05, 0.1) is 0 Å². The van der Waals surface area contributed by atoms with Gasteiger partial charge in [0, 0.05) is 23.0 Å². The molecule has 92 valence electrons. The standard InChI is InChI=1S/C14H18BrNO/c15-13-7-3-2-6-12(13)14(17)8-11-16-9-4-1-5-10-16/h2-3,6-7H,1,4-5,8-11H2. The van der Waals surface area contributed by atoms with Crippen LogP contribution in [0.1, 0.15) is 36.0 Å². The van der Waals surface area contributed by atoms with Gasteiger partial charge in [-0.2, -0.15) is 0 Å². The molecular weight excluding hydrogens is 278 g/mol. The van der Waals surface area contributed by atoms with Crippen LogP contribution in [0.3, 0.4) is 0 Å². The van der Waals surface area contributed by atoms with Gasteiger partial charge in [-0.25, -0.2) is 0 Å².